The lowest BCUT2D eigenvalue weighted by atomic mass is 10.1. The Balaban J connectivity index is 1.19. The average Bonchev–Trinajstić information content (AvgIpc) is 3.34. The predicted octanol–water partition coefficient (Wildman–Crippen LogP) is 1.71. The molecule has 0 saturated carbocycles. The summed E-state index contributed by atoms with van der Waals surface area (Å²) in [5.41, 5.74) is 1.94. The molecule has 1 N–H and O–H groups in total. The van der Waals surface area contributed by atoms with Crippen molar-refractivity contribution in [3.8, 4) is 6.07 Å². The van der Waals surface area contributed by atoms with E-state index < -0.39 is 0 Å². The second-order valence-electron chi connectivity index (χ2n) is 9.43. The summed E-state index contributed by atoms with van der Waals surface area (Å²) in [7, 11) is 0. The third-order valence-corrected chi connectivity index (χ3v) is 6.83. The molecule has 0 radical (unpaired) electrons. The van der Waals surface area contributed by atoms with Crippen LogP contribution in [0.15, 0.2) is 29.3 Å². The van der Waals surface area contributed by atoms with Gasteiger partial charge in [-0.1, -0.05) is 6.92 Å². The van der Waals surface area contributed by atoms with Crippen molar-refractivity contribution in [1.29, 1.82) is 5.26 Å². The summed E-state index contributed by atoms with van der Waals surface area (Å²) in [6, 6.07) is 5.92. The highest BCUT2D eigenvalue weighted by Gasteiger charge is 2.28. The van der Waals surface area contributed by atoms with Gasteiger partial charge in [-0.25, -0.2) is 10.1 Å². The van der Waals surface area contributed by atoms with Crippen molar-refractivity contribution in [2.45, 2.75) is 39.2 Å². The molecule has 2 aliphatic heterocycles. The van der Waals surface area contributed by atoms with Crippen LogP contribution in [0.2, 0.25) is 0 Å². The third kappa shape index (κ3) is 5.98. The zero-order valence-electron chi connectivity index (χ0n) is 20.4. The second kappa shape index (κ2) is 11.3. The number of nitrogens with one attached hydrogen (secondary N) is 1. The fourth-order valence-electron chi connectivity index (χ4n) is 4.78. The first-order chi connectivity index (χ1) is 17.0. The quantitative estimate of drug-likeness (QED) is 0.608. The second-order valence-corrected chi connectivity index (χ2v) is 9.43. The molecular formula is C25H33N7O3. The van der Waals surface area contributed by atoms with Gasteiger partial charge in [0, 0.05) is 57.5 Å². The number of anilines is 2. The van der Waals surface area contributed by atoms with Crippen molar-refractivity contribution in [1.82, 2.24) is 20.1 Å². The van der Waals surface area contributed by atoms with E-state index in [4.69, 9.17) is 10.00 Å². The fourth-order valence-corrected chi connectivity index (χ4v) is 4.78. The SMILES string of the molecule is Cc1c(N2CCC[C@H]2COC[C@H](C)CC(=O)N2CCN(c3ccc(C#N)cn3)CC2)cn[nH]c1=O. The molecule has 35 heavy (non-hydrogen) atoms. The Bertz CT molecular complexity index is 1100. The van der Waals surface area contributed by atoms with E-state index in [1.807, 2.05) is 24.8 Å². The maximum Gasteiger partial charge on any atom is 0.269 e. The Labute approximate surface area is 205 Å². The number of aromatic amines is 1. The number of ether oxygens (including phenoxy) is 1. The lowest BCUT2D eigenvalue weighted by Crippen LogP contribution is -2.49. The number of piperazine rings is 1. The number of rotatable bonds is 8. The minimum absolute atomic E-state index is 0.124. The van der Waals surface area contributed by atoms with Crippen molar-refractivity contribution in [3.05, 3.63) is 46.0 Å². The number of nitrogens with zero attached hydrogens (tertiary/aromatic N) is 6. The molecule has 0 aliphatic carbocycles. The molecule has 2 aliphatic rings. The molecule has 10 nitrogen and oxygen atoms in total. The lowest BCUT2D eigenvalue weighted by Gasteiger charge is -2.36. The summed E-state index contributed by atoms with van der Waals surface area (Å²) in [4.78, 5) is 35.4. The summed E-state index contributed by atoms with van der Waals surface area (Å²) in [6.07, 6.45) is 5.82. The fraction of sp³-hybridized carbons (Fsp3) is 0.560. The first-order valence-corrected chi connectivity index (χ1v) is 12.2. The molecule has 0 aromatic carbocycles. The van der Waals surface area contributed by atoms with Gasteiger partial charge in [0.25, 0.3) is 5.56 Å². The van der Waals surface area contributed by atoms with Crippen LogP contribution in [0.5, 0.6) is 0 Å². The largest absolute Gasteiger partial charge is 0.379 e. The van der Waals surface area contributed by atoms with Crippen molar-refractivity contribution in [3.63, 3.8) is 0 Å². The first kappa shape index (κ1) is 24.7. The topological polar surface area (TPSA) is 118 Å². The highest BCUT2D eigenvalue weighted by Crippen LogP contribution is 2.26. The van der Waals surface area contributed by atoms with Crippen LogP contribution in [0, 0.1) is 24.2 Å². The number of amides is 1. The Morgan fingerprint density at radius 3 is 2.77 bits per heavy atom. The molecule has 1 amide bonds. The van der Waals surface area contributed by atoms with Gasteiger partial charge in [-0.2, -0.15) is 10.4 Å². The van der Waals surface area contributed by atoms with Gasteiger partial charge >= 0.3 is 0 Å². The molecule has 2 atom stereocenters. The standard InChI is InChI=1S/C25H33N7O3/c1-18(16-35-17-21-4-3-7-32(21)22-15-28-29-25(34)19(22)2)12-24(33)31-10-8-30(9-11-31)23-6-5-20(13-26)14-27-23/h5-6,14-15,18,21H,3-4,7-12,16-17H2,1-2H3,(H,29,34)/t18-,21+/m1/s1. The number of H-pyrrole nitrogens is 1. The van der Waals surface area contributed by atoms with Crippen LogP contribution >= 0.6 is 0 Å². The van der Waals surface area contributed by atoms with Gasteiger partial charge in [-0.15, -0.1) is 0 Å². The van der Waals surface area contributed by atoms with E-state index in [9.17, 15) is 9.59 Å². The summed E-state index contributed by atoms with van der Waals surface area (Å²) in [5, 5.41) is 15.4. The number of hydrogen-bond acceptors (Lipinski definition) is 8. The number of hydrogen-bond donors (Lipinski definition) is 1. The molecular weight excluding hydrogens is 446 g/mol. The summed E-state index contributed by atoms with van der Waals surface area (Å²) in [6.45, 7) is 8.63. The van der Waals surface area contributed by atoms with E-state index in [0.717, 1.165) is 44.0 Å². The van der Waals surface area contributed by atoms with Crippen molar-refractivity contribution in [2.24, 2.45) is 5.92 Å². The molecule has 0 bridgehead atoms. The first-order valence-electron chi connectivity index (χ1n) is 12.2. The number of aromatic nitrogens is 3. The summed E-state index contributed by atoms with van der Waals surface area (Å²) in [5.74, 6) is 1.12. The Morgan fingerprint density at radius 2 is 2.06 bits per heavy atom. The highest BCUT2D eigenvalue weighted by molar-refractivity contribution is 5.76. The maximum absolute atomic E-state index is 12.8. The van der Waals surface area contributed by atoms with Crippen LogP contribution < -0.4 is 15.4 Å². The number of nitriles is 1. The summed E-state index contributed by atoms with van der Waals surface area (Å²) < 4.78 is 6.03. The van der Waals surface area contributed by atoms with Crippen LogP contribution in [-0.4, -0.2) is 78.0 Å². The van der Waals surface area contributed by atoms with Crippen LogP contribution in [0.1, 0.15) is 37.3 Å². The number of pyridine rings is 1. The molecule has 2 saturated heterocycles. The van der Waals surface area contributed by atoms with Gasteiger partial charge in [0.15, 0.2) is 0 Å². The number of carbonyl (C=O) groups is 1. The van der Waals surface area contributed by atoms with Gasteiger partial charge in [0.1, 0.15) is 11.9 Å². The van der Waals surface area contributed by atoms with E-state index in [0.29, 0.717) is 43.9 Å². The van der Waals surface area contributed by atoms with E-state index >= 15 is 0 Å². The zero-order chi connectivity index (χ0) is 24.8. The average molecular weight is 480 g/mol. The zero-order valence-corrected chi connectivity index (χ0v) is 20.4. The van der Waals surface area contributed by atoms with Crippen LogP contribution in [0.3, 0.4) is 0 Å². The van der Waals surface area contributed by atoms with E-state index in [1.54, 1.807) is 18.5 Å². The lowest BCUT2D eigenvalue weighted by molar-refractivity contribution is -0.132. The molecule has 0 spiro atoms. The van der Waals surface area contributed by atoms with E-state index in [-0.39, 0.29) is 23.4 Å². The Morgan fingerprint density at radius 1 is 1.26 bits per heavy atom. The molecule has 2 aromatic heterocycles. The van der Waals surface area contributed by atoms with Gasteiger partial charge in [0.2, 0.25) is 5.91 Å². The normalized spacial score (nSPS) is 19.0. The highest BCUT2D eigenvalue weighted by atomic mass is 16.5. The number of carbonyl (C=O) groups excluding carboxylic acids is 1. The van der Waals surface area contributed by atoms with E-state index in [2.05, 4.69) is 31.1 Å². The predicted molar refractivity (Wildman–Crippen MR) is 132 cm³/mol. The van der Waals surface area contributed by atoms with Crippen LogP contribution in [0.25, 0.3) is 0 Å². The molecule has 2 fully saturated rings. The smallest absolute Gasteiger partial charge is 0.269 e. The molecule has 0 unspecified atom stereocenters. The van der Waals surface area contributed by atoms with Crippen molar-refractivity contribution < 1.29 is 9.53 Å². The minimum atomic E-state index is -0.157. The monoisotopic (exact) mass is 479 g/mol. The van der Waals surface area contributed by atoms with Gasteiger partial charge < -0.3 is 19.4 Å². The van der Waals surface area contributed by atoms with Crippen molar-refractivity contribution in [2.75, 3.05) is 55.7 Å². The maximum atomic E-state index is 12.8. The van der Waals surface area contributed by atoms with Gasteiger partial charge in [-0.3, -0.25) is 9.59 Å². The van der Waals surface area contributed by atoms with Crippen molar-refractivity contribution >= 4 is 17.4 Å². The summed E-state index contributed by atoms with van der Waals surface area (Å²) >= 11 is 0. The minimum Gasteiger partial charge on any atom is -0.379 e. The third-order valence-electron chi connectivity index (χ3n) is 6.83. The Hall–Kier alpha value is -3.45. The molecule has 2 aromatic rings. The Kier molecular flexibility index (Phi) is 7.98. The van der Waals surface area contributed by atoms with Gasteiger partial charge in [0.05, 0.1) is 30.1 Å². The molecule has 186 valence electrons. The molecule has 4 heterocycles. The van der Waals surface area contributed by atoms with Crippen LogP contribution in [-0.2, 0) is 9.53 Å². The molecule has 10 heteroatoms. The van der Waals surface area contributed by atoms with Crippen LogP contribution in [0.4, 0.5) is 11.5 Å². The van der Waals surface area contributed by atoms with E-state index in [1.165, 1.54) is 0 Å². The van der Waals surface area contributed by atoms with Gasteiger partial charge in [-0.05, 0) is 37.8 Å². The molecule has 4 rings (SSSR count).